The number of hydrogen-bond donors (Lipinski definition) is 0. The minimum absolute atomic E-state index is 0.124. The fourth-order valence-electron chi connectivity index (χ4n) is 1.37. The normalized spacial score (nSPS) is 11.9. The Morgan fingerprint density at radius 3 is 2.72 bits per heavy atom. The molecule has 1 aromatic heterocycles. The standard InChI is InChI=1S/C13H21NO3S/c1-9(2)11-10(14-8-17-11)12(15)16-6-7-18-13(3,4)5/h8-9H,6-7H2,1-5H3. The van der Waals surface area contributed by atoms with Crippen LogP contribution in [0.25, 0.3) is 0 Å². The summed E-state index contributed by atoms with van der Waals surface area (Å²) in [5, 5.41) is 0. The zero-order valence-electron chi connectivity index (χ0n) is 11.6. The molecular formula is C13H21NO3S. The second-order valence-corrected chi connectivity index (χ2v) is 7.24. The lowest BCUT2D eigenvalue weighted by Gasteiger charge is -2.17. The van der Waals surface area contributed by atoms with Gasteiger partial charge in [-0.25, -0.2) is 9.78 Å². The number of oxazole rings is 1. The van der Waals surface area contributed by atoms with Crippen LogP contribution < -0.4 is 0 Å². The average molecular weight is 271 g/mol. The van der Waals surface area contributed by atoms with E-state index in [9.17, 15) is 4.79 Å². The van der Waals surface area contributed by atoms with E-state index in [0.29, 0.717) is 18.1 Å². The number of thioether (sulfide) groups is 1. The van der Waals surface area contributed by atoms with Gasteiger partial charge >= 0.3 is 5.97 Å². The van der Waals surface area contributed by atoms with Crippen molar-refractivity contribution in [1.82, 2.24) is 4.98 Å². The Morgan fingerprint density at radius 1 is 1.50 bits per heavy atom. The molecule has 0 fully saturated rings. The molecule has 0 aliphatic carbocycles. The molecule has 0 spiro atoms. The molecule has 0 N–H and O–H groups in total. The van der Waals surface area contributed by atoms with Crippen molar-refractivity contribution in [3.8, 4) is 0 Å². The van der Waals surface area contributed by atoms with Crippen LogP contribution in [0.15, 0.2) is 10.8 Å². The van der Waals surface area contributed by atoms with Gasteiger partial charge in [-0.05, 0) is 0 Å². The Balaban J connectivity index is 2.44. The van der Waals surface area contributed by atoms with Crippen LogP contribution in [0.2, 0.25) is 0 Å². The fraction of sp³-hybridized carbons (Fsp3) is 0.692. The van der Waals surface area contributed by atoms with Gasteiger partial charge in [0, 0.05) is 16.4 Å². The molecule has 0 aromatic carbocycles. The maximum atomic E-state index is 11.8. The predicted octanol–water partition coefficient (Wildman–Crippen LogP) is 3.49. The van der Waals surface area contributed by atoms with E-state index in [1.165, 1.54) is 6.39 Å². The van der Waals surface area contributed by atoms with Gasteiger partial charge in [-0.1, -0.05) is 34.6 Å². The van der Waals surface area contributed by atoms with Gasteiger partial charge in [-0.15, -0.1) is 0 Å². The quantitative estimate of drug-likeness (QED) is 0.606. The van der Waals surface area contributed by atoms with Gasteiger partial charge < -0.3 is 9.15 Å². The SMILES string of the molecule is CC(C)c1ocnc1C(=O)OCCSC(C)(C)C. The molecule has 0 radical (unpaired) electrons. The van der Waals surface area contributed by atoms with Crippen molar-refractivity contribution in [2.24, 2.45) is 0 Å². The van der Waals surface area contributed by atoms with Crippen LogP contribution in [0.4, 0.5) is 0 Å². The summed E-state index contributed by atoms with van der Waals surface area (Å²) in [6.07, 6.45) is 1.29. The summed E-state index contributed by atoms with van der Waals surface area (Å²) >= 11 is 1.76. The highest BCUT2D eigenvalue weighted by molar-refractivity contribution is 8.00. The molecule has 4 nitrogen and oxygen atoms in total. The highest BCUT2D eigenvalue weighted by Crippen LogP contribution is 2.23. The number of esters is 1. The maximum Gasteiger partial charge on any atom is 0.360 e. The molecule has 102 valence electrons. The third-order valence-corrected chi connectivity index (χ3v) is 3.40. The number of ether oxygens (including phenoxy) is 1. The average Bonchev–Trinajstić information content (AvgIpc) is 2.71. The van der Waals surface area contributed by atoms with Crippen molar-refractivity contribution in [2.45, 2.75) is 45.3 Å². The molecule has 1 rings (SSSR count). The summed E-state index contributed by atoms with van der Waals surface area (Å²) in [5.41, 5.74) is 0.297. The molecule has 0 aliphatic heterocycles. The first-order chi connectivity index (χ1) is 8.31. The lowest BCUT2D eigenvalue weighted by Crippen LogP contribution is -2.14. The number of aromatic nitrogens is 1. The molecule has 0 atom stereocenters. The highest BCUT2D eigenvalue weighted by atomic mass is 32.2. The summed E-state index contributed by atoms with van der Waals surface area (Å²) in [5.74, 6) is 1.09. The first-order valence-corrected chi connectivity index (χ1v) is 7.04. The second-order valence-electron chi connectivity index (χ2n) is 5.32. The van der Waals surface area contributed by atoms with Gasteiger partial charge in [0.1, 0.15) is 12.4 Å². The van der Waals surface area contributed by atoms with Crippen LogP contribution in [0.5, 0.6) is 0 Å². The van der Waals surface area contributed by atoms with Crippen LogP contribution in [0.1, 0.15) is 56.8 Å². The van der Waals surface area contributed by atoms with Crippen molar-refractivity contribution in [3.05, 3.63) is 17.8 Å². The molecule has 5 heteroatoms. The second kappa shape index (κ2) is 6.27. The van der Waals surface area contributed by atoms with Crippen LogP contribution in [0.3, 0.4) is 0 Å². The molecule has 1 aromatic rings. The van der Waals surface area contributed by atoms with E-state index < -0.39 is 5.97 Å². The summed E-state index contributed by atoms with van der Waals surface area (Å²) in [6.45, 7) is 10.7. The summed E-state index contributed by atoms with van der Waals surface area (Å²) < 4.78 is 10.6. The van der Waals surface area contributed by atoms with E-state index in [4.69, 9.17) is 9.15 Å². The van der Waals surface area contributed by atoms with Gasteiger partial charge in [0.25, 0.3) is 0 Å². The van der Waals surface area contributed by atoms with E-state index in [0.717, 1.165) is 5.75 Å². The smallest absolute Gasteiger partial charge is 0.360 e. The van der Waals surface area contributed by atoms with E-state index in [2.05, 4.69) is 25.8 Å². The molecule has 0 aliphatic rings. The topological polar surface area (TPSA) is 52.3 Å². The van der Waals surface area contributed by atoms with Gasteiger partial charge in [-0.3, -0.25) is 0 Å². The van der Waals surface area contributed by atoms with Gasteiger partial charge in [0.15, 0.2) is 12.1 Å². The Hall–Kier alpha value is -0.970. The van der Waals surface area contributed by atoms with Crippen LogP contribution in [-0.2, 0) is 4.74 Å². The van der Waals surface area contributed by atoms with Crippen molar-refractivity contribution >= 4 is 17.7 Å². The molecule has 0 saturated heterocycles. The molecule has 0 saturated carbocycles. The Labute approximate surface area is 112 Å². The minimum Gasteiger partial charge on any atom is -0.460 e. The summed E-state index contributed by atoms with van der Waals surface area (Å²) in [7, 11) is 0. The maximum absolute atomic E-state index is 11.8. The largest absolute Gasteiger partial charge is 0.460 e. The Morgan fingerprint density at radius 2 is 2.17 bits per heavy atom. The number of nitrogens with zero attached hydrogens (tertiary/aromatic N) is 1. The number of hydrogen-bond acceptors (Lipinski definition) is 5. The predicted molar refractivity (Wildman–Crippen MR) is 73.1 cm³/mol. The Kier molecular flexibility index (Phi) is 5.26. The molecule has 1 heterocycles. The van der Waals surface area contributed by atoms with Gasteiger partial charge in [0.2, 0.25) is 0 Å². The van der Waals surface area contributed by atoms with E-state index in [-0.39, 0.29) is 10.7 Å². The lowest BCUT2D eigenvalue weighted by atomic mass is 10.1. The van der Waals surface area contributed by atoms with Crippen LogP contribution in [-0.4, -0.2) is 28.1 Å². The van der Waals surface area contributed by atoms with E-state index in [1.807, 2.05) is 13.8 Å². The lowest BCUT2D eigenvalue weighted by molar-refractivity contribution is 0.0521. The van der Waals surface area contributed by atoms with E-state index >= 15 is 0 Å². The van der Waals surface area contributed by atoms with Gasteiger partial charge in [0.05, 0.1) is 0 Å². The molecule has 0 bridgehead atoms. The fourth-order valence-corrected chi connectivity index (χ4v) is 2.15. The molecular weight excluding hydrogens is 250 g/mol. The first kappa shape index (κ1) is 15.1. The molecule has 0 unspecified atom stereocenters. The third kappa shape index (κ3) is 4.72. The number of carbonyl (C=O) groups is 1. The van der Waals surface area contributed by atoms with Crippen LogP contribution >= 0.6 is 11.8 Å². The molecule has 18 heavy (non-hydrogen) atoms. The van der Waals surface area contributed by atoms with Crippen molar-refractivity contribution in [3.63, 3.8) is 0 Å². The van der Waals surface area contributed by atoms with Crippen LogP contribution in [0, 0.1) is 0 Å². The number of carbonyl (C=O) groups excluding carboxylic acids is 1. The van der Waals surface area contributed by atoms with Crippen molar-refractivity contribution in [1.29, 1.82) is 0 Å². The minimum atomic E-state index is -0.401. The molecule has 0 amide bonds. The number of rotatable bonds is 5. The monoisotopic (exact) mass is 271 g/mol. The first-order valence-electron chi connectivity index (χ1n) is 6.05. The third-order valence-electron chi connectivity index (χ3n) is 2.16. The van der Waals surface area contributed by atoms with Gasteiger partial charge in [-0.2, -0.15) is 11.8 Å². The Bertz CT molecular complexity index is 393. The zero-order valence-corrected chi connectivity index (χ0v) is 12.5. The van der Waals surface area contributed by atoms with Crippen molar-refractivity contribution in [2.75, 3.05) is 12.4 Å². The highest BCUT2D eigenvalue weighted by Gasteiger charge is 2.20. The van der Waals surface area contributed by atoms with E-state index in [1.54, 1.807) is 11.8 Å². The zero-order chi connectivity index (χ0) is 13.8. The summed E-state index contributed by atoms with van der Waals surface area (Å²) in [6, 6.07) is 0. The van der Waals surface area contributed by atoms with Crippen molar-refractivity contribution < 1.29 is 13.9 Å². The summed E-state index contributed by atoms with van der Waals surface area (Å²) in [4.78, 5) is 15.7.